The van der Waals surface area contributed by atoms with E-state index >= 15 is 0 Å². The fourth-order valence-corrected chi connectivity index (χ4v) is 4.05. The van der Waals surface area contributed by atoms with Gasteiger partial charge in [0.25, 0.3) is 0 Å². The Morgan fingerprint density at radius 3 is 2.60 bits per heavy atom. The molecule has 0 bridgehead atoms. The van der Waals surface area contributed by atoms with E-state index in [1.54, 1.807) is 0 Å². The predicted molar refractivity (Wildman–Crippen MR) is 133 cm³/mol. The van der Waals surface area contributed by atoms with E-state index in [1.165, 1.54) is 42.0 Å². The van der Waals surface area contributed by atoms with E-state index in [1.807, 2.05) is 18.5 Å². The van der Waals surface area contributed by atoms with Gasteiger partial charge in [-0.05, 0) is 43.0 Å². The fraction of sp³-hybridized carbons (Fsp3) is 0.435. The van der Waals surface area contributed by atoms with Gasteiger partial charge in [0.05, 0.1) is 6.04 Å². The van der Waals surface area contributed by atoms with Crippen LogP contribution in [-0.4, -0.2) is 26.8 Å². The van der Waals surface area contributed by atoms with Crippen LogP contribution in [0.2, 0.25) is 0 Å². The molecule has 30 heavy (non-hydrogen) atoms. The van der Waals surface area contributed by atoms with Crippen molar-refractivity contribution in [2.24, 2.45) is 12.0 Å². The van der Waals surface area contributed by atoms with Gasteiger partial charge in [0.15, 0.2) is 11.8 Å². The lowest BCUT2D eigenvalue weighted by molar-refractivity contribution is 0.593. The Hall–Kier alpha value is -2.16. The molecule has 2 aromatic carbocycles. The van der Waals surface area contributed by atoms with E-state index < -0.39 is 0 Å². The van der Waals surface area contributed by atoms with Crippen LogP contribution in [0.25, 0.3) is 10.8 Å². The van der Waals surface area contributed by atoms with Crippen LogP contribution in [0.5, 0.6) is 0 Å². The Balaban J connectivity index is 0.00000256. The summed E-state index contributed by atoms with van der Waals surface area (Å²) in [5.74, 6) is 2.61. The minimum Gasteiger partial charge on any atom is -0.354 e. The topological polar surface area (TPSA) is 67.1 Å². The van der Waals surface area contributed by atoms with Crippen molar-refractivity contribution < 1.29 is 0 Å². The van der Waals surface area contributed by atoms with Crippen LogP contribution in [0.15, 0.2) is 47.5 Å². The number of halogens is 1. The van der Waals surface area contributed by atoms with Crippen LogP contribution in [0.1, 0.15) is 55.9 Å². The van der Waals surface area contributed by atoms with E-state index in [4.69, 9.17) is 4.99 Å². The molecule has 1 fully saturated rings. The summed E-state index contributed by atoms with van der Waals surface area (Å²) in [7, 11) is 1.98. The van der Waals surface area contributed by atoms with E-state index in [2.05, 4.69) is 70.2 Å². The van der Waals surface area contributed by atoms with Crippen LogP contribution < -0.4 is 10.6 Å². The van der Waals surface area contributed by atoms with Gasteiger partial charge in [0, 0.05) is 13.1 Å². The second kappa shape index (κ2) is 10.2. The number of nitrogens with one attached hydrogen (secondary N) is 2. The van der Waals surface area contributed by atoms with Gasteiger partial charge in [0.1, 0.15) is 12.4 Å². The number of guanidine groups is 1. The first kappa shape index (κ1) is 22.5. The Bertz CT molecular complexity index is 1000. The molecule has 1 aromatic heterocycles. The molecular weight excluding hydrogens is 487 g/mol. The van der Waals surface area contributed by atoms with E-state index in [-0.39, 0.29) is 30.0 Å². The lowest BCUT2D eigenvalue weighted by Gasteiger charge is -2.22. The molecule has 0 amide bonds. The first-order valence-electron chi connectivity index (χ1n) is 10.5. The average molecular weight is 518 g/mol. The summed E-state index contributed by atoms with van der Waals surface area (Å²) in [5, 5.41) is 18.2. The highest BCUT2D eigenvalue weighted by Gasteiger charge is 2.18. The molecule has 1 unspecified atom stereocenters. The summed E-state index contributed by atoms with van der Waals surface area (Å²) in [5.41, 5.74) is 1.28. The molecule has 0 spiro atoms. The van der Waals surface area contributed by atoms with Crippen LogP contribution in [-0.2, 0) is 13.6 Å². The molecule has 6 nitrogen and oxygen atoms in total. The van der Waals surface area contributed by atoms with Crippen molar-refractivity contribution in [2.45, 2.75) is 58.2 Å². The summed E-state index contributed by atoms with van der Waals surface area (Å²) < 4.78 is 1.99. The van der Waals surface area contributed by atoms with Gasteiger partial charge in [-0.25, -0.2) is 4.99 Å². The molecule has 160 valence electrons. The van der Waals surface area contributed by atoms with Crippen molar-refractivity contribution in [1.82, 2.24) is 25.4 Å². The lowest BCUT2D eigenvalue weighted by Crippen LogP contribution is -2.43. The summed E-state index contributed by atoms with van der Waals surface area (Å²) in [4.78, 5) is 4.85. The Labute approximate surface area is 195 Å². The minimum atomic E-state index is 0. The fourth-order valence-electron chi connectivity index (χ4n) is 4.05. The van der Waals surface area contributed by atoms with E-state index in [0.717, 1.165) is 17.6 Å². The van der Waals surface area contributed by atoms with Crippen molar-refractivity contribution in [3.05, 3.63) is 59.7 Å². The third kappa shape index (κ3) is 5.11. The second-order valence-electron chi connectivity index (χ2n) is 7.95. The van der Waals surface area contributed by atoms with Crippen molar-refractivity contribution in [1.29, 1.82) is 0 Å². The molecule has 0 saturated heterocycles. The van der Waals surface area contributed by atoms with Gasteiger partial charge in [-0.3, -0.25) is 0 Å². The summed E-state index contributed by atoms with van der Waals surface area (Å²) in [6.07, 6.45) is 4.97. The highest BCUT2D eigenvalue weighted by molar-refractivity contribution is 14.0. The zero-order valence-electron chi connectivity index (χ0n) is 17.9. The van der Waals surface area contributed by atoms with Crippen molar-refractivity contribution in [3.8, 4) is 0 Å². The second-order valence-corrected chi connectivity index (χ2v) is 7.95. The maximum Gasteiger partial charge on any atom is 0.192 e. The van der Waals surface area contributed by atoms with Gasteiger partial charge >= 0.3 is 0 Å². The molecule has 3 aromatic rings. The van der Waals surface area contributed by atoms with Crippen molar-refractivity contribution in [2.75, 3.05) is 0 Å². The molecular formula is C23H31IN6. The Morgan fingerprint density at radius 2 is 1.87 bits per heavy atom. The molecule has 7 heteroatoms. The first-order valence-corrected chi connectivity index (χ1v) is 10.5. The number of benzene rings is 2. The highest BCUT2D eigenvalue weighted by Crippen LogP contribution is 2.24. The van der Waals surface area contributed by atoms with E-state index in [9.17, 15) is 0 Å². The first-order chi connectivity index (χ1) is 14.1. The third-order valence-corrected chi connectivity index (χ3v) is 5.90. The number of fused-ring (bicyclic) bond motifs is 1. The van der Waals surface area contributed by atoms with Crippen LogP contribution in [0.4, 0.5) is 0 Å². The average Bonchev–Trinajstić information content (AvgIpc) is 3.36. The summed E-state index contributed by atoms with van der Waals surface area (Å²) >= 11 is 0. The van der Waals surface area contributed by atoms with Gasteiger partial charge in [-0.15, -0.1) is 34.2 Å². The molecule has 1 heterocycles. The SMILES string of the molecule is Cc1nnc(CN=C(NC2CCCC2)NC(C)c2cccc3ccccc23)n1C.I. The molecule has 2 N–H and O–H groups in total. The monoisotopic (exact) mass is 518 g/mol. The smallest absolute Gasteiger partial charge is 0.192 e. The normalized spacial score (nSPS) is 15.8. The van der Waals surface area contributed by atoms with E-state index in [0.29, 0.717) is 12.6 Å². The van der Waals surface area contributed by atoms with Crippen LogP contribution in [0.3, 0.4) is 0 Å². The zero-order chi connectivity index (χ0) is 20.2. The molecule has 0 aliphatic heterocycles. The van der Waals surface area contributed by atoms with Gasteiger partial charge in [-0.1, -0.05) is 55.3 Å². The number of hydrogen-bond donors (Lipinski definition) is 2. The van der Waals surface area contributed by atoms with Crippen LogP contribution in [0, 0.1) is 6.92 Å². The zero-order valence-corrected chi connectivity index (χ0v) is 20.3. The number of hydrogen-bond acceptors (Lipinski definition) is 3. The number of aryl methyl sites for hydroxylation is 1. The maximum atomic E-state index is 4.85. The molecule has 1 atom stereocenters. The molecule has 1 aliphatic rings. The van der Waals surface area contributed by atoms with Gasteiger partial charge in [-0.2, -0.15) is 0 Å². The minimum absolute atomic E-state index is 0. The quantitative estimate of drug-likeness (QED) is 0.294. The molecule has 1 aliphatic carbocycles. The molecule has 1 saturated carbocycles. The Kier molecular flexibility index (Phi) is 7.69. The standard InChI is InChI=1S/C23H30N6.HI/c1-16(20-14-8-10-18-9-4-7-13-21(18)20)25-23(26-19-11-5-6-12-19)24-15-22-28-27-17(2)29(22)3;/h4,7-10,13-14,16,19H,5-6,11-12,15H2,1-3H3,(H2,24,25,26);1H. The van der Waals surface area contributed by atoms with Crippen molar-refractivity contribution >= 4 is 40.7 Å². The number of rotatable bonds is 5. The van der Waals surface area contributed by atoms with Crippen LogP contribution >= 0.6 is 24.0 Å². The highest BCUT2D eigenvalue weighted by atomic mass is 127. The maximum absolute atomic E-state index is 4.85. The number of aromatic nitrogens is 3. The summed E-state index contributed by atoms with van der Waals surface area (Å²) in [6.45, 7) is 4.65. The predicted octanol–water partition coefficient (Wildman–Crippen LogP) is 4.63. The number of nitrogens with zero attached hydrogens (tertiary/aromatic N) is 4. The van der Waals surface area contributed by atoms with Crippen molar-refractivity contribution in [3.63, 3.8) is 0 Å². The molecule has 0 radical (unpaired) electrons. The van der Waals surface area contributed by atoms with Gasteiger partial charge < -0.3 is 15.2 Å². The Morgan fingerprint density at radius 1 is 1.13 bits per heavy atom. The summed E-state index contributed by atoms with van der Waals surface area (Å²) in [6, 6.07) is 15.6. The lowest BCUT2D eigenvalue weighted by atomic mass is 10.00. The van der Waals surface area contributed by atoms with Gasteiger partial charge in [0.2, 0.25) is 0 Å². The third-order valence-electron chi connectivity index (χ3n) is 5.90. The number of aliphatic imine (C=N–C) groups is 1. The molecule has 4 rings (SSSR count). The largest absolute Gasteiger partial charge is 0.354 e.